The molecule has 1 N–H and O–H groups in total. The SMILES string of the molecule is CCN(CCNc1ccccc1Cl)C(C)CN(C)C. The minimum atomic E-state index is 0.563. The summed E-state index contributed by atoms with van der Waals surface area (Å²) >= 11 is 6.12. The van der Waals surface area contributed by atoms with Crippen molar-refractivity contribution in [2.45, 2.75) is 19.9 Å². The summed E-state index contributed by atoms with van der Waals surface area (Å²) in [5, 5.41) is 4.18. The van der Waals surface area contributed by atoms with Crippen molar-refractivity contribution in [1.82, 2.24) is 9.80 Å². The van der Waals surface area contributed by atoms with Crippen molar-refractivity contribution < 1.29 is 0 Å². The Hall–Kier alpha value is -0.770. The molecule has 1 rings (SSSR count). The highest BCUT2D eigenvalue weighted by atomic mass is 35.5. The van der Waals surface area contributed by atoms with Gasteiger partial charge in [-0.25, -0.2) is 0 Å². The van der Waals surface area contributed by atoms with Crippen LogP contribution in [-0.4, -0.2) is 56.1 Å². The van der Waals surface area contributed by atoms with E-state index in [9.17, 15) is 0 Å². The summed E-state index contributed by atoms with van der Waals surface area (Å²) in [6.07, 6.45) is 0. The Balaban J connectivity index is 2.39. The second kappa shape index (κ2) is 8.41. The highest BCUT2D eigenvalue weighted by molar-refractivity contribution is 6.33. The third kappa shape index (κ3) is 5.81. The highest BCUT2D eigenvalue weighted by Gasteiger charge is 2.12. The third-order valence-corrected chi connectivity index (χ3v) is 3.58. The molecule has 1 aromatic carbocycles. The van der Waals surface area contributed by atoms with Crippen molar-refractivity contribution in [3.05, 3.63) is 29.3 Å². The minimum Gasteiger partial charge on any atom is -0.383 e. The molecule has 1 aromatic rings. The van der Waals surface area contributed by atoms with E-state index in [2.05, 4.69) is 43.1 Å². The van der Waals surface area contributed by atoms with E-state index in [1.165, 1.54) is 0 Å². The zero-order valence-corrected chi connectivity index (χ0v) is 13.2. The fraction of sp³-hybridized carbons (Fsp3) is 0.600. The van der Waals surface area contributed by atoms with Crippen LogP contribution >= 0.6 is 11.6 Å². The standard InChI is InChI=1S/C15H26ClN3/c1-5-19(13(2)12-18(3)4)11-10-17-15-9-7-6-8-14(15)16/h6-9,13,17H,5,10-12H2,1-4H3. The van der Waals surface area contributed by atoms with Gasteiger partial charge in [0.25, 0.3) is 0 Å². The fourth-order valence-electron chi connectivity index (χ4n) is 2.27. The molecule has 108 valence electrons. The summed E-state index contributed by atoms with van der Waals surface area (Å²) in [7, 11) is 4.23. The van der Waals surface area contributed by atoms with E-state index in [1.807, 2.05) is 24.3 Å². The number of nitrogens with zero attached hydrogens (tertiary/aromatic N) is 2. The zero-order valence-electron chi connectivity index (χ0n) is 12.5. The lowest BCUT2D eigenvalue weighted by Crippen LogP contribution is -2.42. The van der Waals surface area contributed by atoms with E-state index in [-0.39, 0.29) is 0 Å². The molecule has 0 amide bonds. The van der Waals surface area contributed by atoms with E-state index in [1.54, 1.807) is 0 Å². The number of anilines is 1. The molecule has 1 unspecified atom stereocenters. The van der Waals surface area contributed by atoms with Gasteiger partial charge >= 0.3 is 0 Å². The van der Waals surface area contributed by atoms with Gasteiger partial charge in [0.1, 0.15) is 0 Å². The Labute approximate surface area is 122 Å². The van der Waals surface area contributed by atoms with E-state index in [0.29, 0.717) is 6.04 Å². The van der Waals surface area contributed by atoms with Gasteiger partial charge < -0.3 is 10.2 Å². The summed E-state index contributed by atoms with van der Waals surface area (Å²) < 4.78 is 0. The predicted molar refractivity (Wildman–Crippen MR) is 85.2 cm³/mol. The number of halogens is 1. The zero-order chi connectivity index (χ0) is 14.3. The Kier molecular flexibility index (Phi) is 7.21. The average molecular weight is 284 g/mol. The van der Waals surface area contributed by atoms with Crippen LogP contribution in [0.3, 0.4) is 0 Å². The second-order valence-corrected chi connectivity index (χ2v) is 5.55. The van der Waals surface area contributed by atoms with Gasteiger partial charge in [-0.2, -0.15) is 0 Å². The summed E-state index contributed by atoms with van der Waals surface area (Å²) in [5.41, 5.74) is 1.01. The summed E-state index contributed by atoms with van der Waals surface area (Å²) in [6, 6.07) is 8.44. The van der Waals surface area contributed by atoms with Gasteiger partial charge in [0.05, 0.1) is 10.7 Å². The van der Waals surface area contributed by atoms with Crippen molar-refractivity contribution >= 4 is 17.3 Å². The predicted octanol–water partition coefficient (Wildman–Crippen LogP) is 3.02. The minimum absolute atomic E-state index is 0.563. The number of nitrogens with one attached hydrogen (secondary N) is 1. The number of hydrogen-bond acceptors (Lipinski definition) is 3. The number of benzene rings is 1. The molecular weight excluding hydrogens is 258 g/mol. The van der Waals surface area contributed by atoms with Crippen LogP contribution in [0, 0.1) is 0 Å². The maximum atomic E-state index is 6.12. The molecule has 0 saturated carbocycles. The molecule has 4 heteroatoms. The molecule has 3 nitrogen and oxygen atoms in total. The van der Waals surface area contributed by atoms with Crippen LogP contribution in [0.4, 0.5) is 5.69 Å². The van der Waals surface area contributed by atoms with E-state index >= 15 is 0 Å². The number of para-hydroxylation sites is 1. The van der Waals surface area contributed by atoms with Gasteiger partial charge in [-0.15, -0.1) is 0 Å². The Morgan fingerprint density at radius 2 is 1.95 bits per heavy atom. The van der Waals surface area contributed by atoms with Gasteiger partial charge in [0.2, 0.25) is 0 Å². The summed E-state index contributed by atoms with van der Waals surface area (Å²) in [6.45, 7) is 8.58. The van der Waals surface area contributed by atoms with Crippen molar-refractivity contribution in [2.24, 2.45) is 0 Å². The van der Waals surface area contributed by atoms with Crippen molar-refractivity contribution in [3.8, 4) is 0 Å². The van der Waals surface area contributed by atoms with Gasteiger partial charge in [-0.1, -0.05) is 30.7 Å². The number of rotatable bonds is 8. The monoisotopic (exact) mass is 283 g/mol. The quantitative estimate of drug-likeness (QED) is 0.791. The largest absolute Gasteiger partial charge is 0.383 e. The first-order chi connectivity index (χ1) is 9.04. The summed E-state index contributed by atoms with van der Waals surface area (Å²) in [5.74, 6) is 0. The Morgan fingerprint density at radius 3 is 2.53 bits per heavy atom. The molecule has 1 atom stereocenters. The molecular formula is C15H26ClN3. The van der Waals surface area contributed by atoms with Gasteiger partial charge in [0, 0.05) is 25.7 Å². The first-order valence-corrected chi connectivity index (χ1v) is 7.29. The molecule has 0 spiro atoms. The first-order valence-electron chi connectivity index (χ1n) is 6.91. The lowest BCUT2D eigenvalue weighted by molar-refractivity contribution is 0.188. The molecule has 0 fully saturated rings. The fourth-order valence-corrected chi connectivity index (χ4v) is 2.48. The smallest absolute Gasteiger partial charge is 0.0637 e. The van der Waals surface area contributed by atoms with Crippen LogP contribution in [0.1, 0.15) is 13.8 Å². The van der Waals surface area contributed by atoms with Gasteiger partial charge in [-0.05, 0) is 39.7 Å². The molecule has 0 saturated heterocycles. The van der Waals surface area contributed by atoms with Gasteiger partial charge in [0.15, 0.2) is 0 Å². The van der Waals surface area contributed by atoms with Crippen LogP contribution in [0.25, 0.3) is 0 Å². The molecule has 0 bridgehead atoms. The van der Waals surface area contributed by atoms with Crippen LogP contribution < -0.4 is 5.32 Å². The molecule has 0 aromatic heterocycles. The van der Waals surface area contributed by atoms with Gasteiger partial charge in [-0.3, -0.25) is 4.90 Å². The van der Waals surface area contributed by atoms with Crippen LogP contribution in [-0.2, 0) is 0 Å². The van der Waals surface area contributed by atoms with Crippen LogP contribution in [0.5, 0.6) is 0 Å². The molecule has 0 radical (unpaired) electrons. The van der Waals surface area contributed by atoms with E-state index in [4.69, 9.17) is 11.6 Å². The Bertz CT molecular complexity index is 368. The Morgan fingerprint density at radius 1 is 1.26 bits per heavy atom. The van der Waals surface area contributed by atoms with Crippen molar-refractivity contribution in [3.63, 3.8) is 0 Å². The van der Waals surface area contributed by atoms with Crippen LogP contribution in [0.15, 0.2) is 24.3 Å². The number of likely N-dealkylation sites (N-methyl/N-ethyl adjacent to an activating group) is 2. The maximum absolute atomic E-state index is 6.12. The maximum Gasteiger partial charge on any atom is 0.0637 e. The first kappa shape index (κ1) is 16.3. The third-order valence-electron chi connectivity index (χ3n) is 3.25. The lowest BCUT2D eigenvalue weighted by Gasteiger charge is -2.30. The molecule has 0 aliphatic rings. The highest BCUT2D eigenvalue weighted by Crippen LogP contribution is 2.19. The lowest BCUT2D eigenvalue weighted by atomic mass is 10.2. The van der Waals surface area contributed by atoms with E-state index in [0.717, 1.165) is 36.9 Å². The van der Waals surface area contributed by atoms with Crippen molar-refractivity contribution in [1.29, 1.82) is 0 Å². The van der Waals surface area contributed by atoms with Crippen LogP contribution in [0.2, 0.25) is 5.02 Å². The van der Waals surface area contributed by atoms with E-state index < -0.39 is 0 Å². The second-order valence-electron chi connectivity index (χ2n) is 5.15. The molecule has 0 heterocycles. The molecule has 0 aliphatic heterocycles. The van der Waals surface area contributed by atoms with Crippen molar-refractivity contribution in [2.75, 3.05) is 45.6 Å². The molecule has 19 heavy (non-hydrogen) atoms. The summed E-state index contributed by atoms with van der Waals surface area (Å²) in [4.78, 5) is 4.71. The average Bonchev–Trinajstić information content (AvgIpc) is 2.35. The molecule has 0 aliphatic carbocycles. The normalized spacial score (nSPS) is 13.0. The topological polar surface area (TPSA) is 18.5 Å². The number of hydrogen-bond donors (Lipinski definition) is 1.